The largest absolute Gasteiger partial charge is 0.354 e. The van der Waals surface area contributed by atoms with Crippen molar-refractivity contribution in [3.63, 3.8) is 0 Å². The lowest BCUT2D eigenvalue weighted by Crippen LogP contribution is -2.40. The molecule has 0 bridgehead atoms. The maximum atomic E-state index is 11.5. The topological polar surface area (TPSA) is 41.1 Å². The Morgan fingerprint density at radius 1 is 1.27 bits per heavy atom. The van der Waals surface area contributed by atoms with Crippen molar-refractivity contribution in [1.82, 2.24) is 10.6 Å². The van der Waals surface area contributed by atoms with Gasteiger partial charge in [-0.3, -0.25) is 4.79 Å². The van der Waals surface area contributed by atoms with Crippen LogP contribution in [0.1, 0.15) is 40.5 Å². The Balaban J connectivity index is 2.17. The first-order valence-corrected chi connectivity index (χ1v) is 5.96. The maximum Gasteiger partial charge on any atom is 0.233 e. The van der Waals surface area contributed by atoms with E-state index in [1.165, 1.54) is 12.8 Å². The molecule has 1 saturated carbocycles. The van der Waals surface area contributed by atoms with E-state index in [0.717, 1.165) is 6.54 Å². The number of hydrogen-bond acceptors (Lipinski definition) is 2. The van der Waals surface area contributed by atoms with E-state index in [9.17, 15) is 4.79 Å². The number of nitrogens with one attached hydrogen (secondary N) is 2. The van der Waals surface area contributed by atoms with Gasteiger partial charge in [0.2, 0.25) is 5.91 Å². The van der Waals surface area contributed by atoms with Crippen molar-refractivity contribution in [3.8, 4) is 0 Å². The van der Waals surface area contributed by atoms with Crippen LogP contribution >= 0.6 is 0 Å². The van der Waals surface area contributed by atoms with E-state index in [4.69, 9.17) is 0 Å². The molecule has 88 valence electrons. The Labute approximate surface area is 93.0 Å². The quantitative estimate of drug-likeness (QED) is 0.701. The van der Waals surface area contributed by atoms with Crippen LogP contribution in [0.3, 0.4) is 0 Å². The lowest BCUT2D eigenvalue weighted by atomic mass is 9.92. The van der Waals surface area contributed by atoms with Gasteiger partial charge in [0.1, 0.15) is 0 Å². The van der Waals surface area contributed by atoms with Gasteiger partial charge in [0.15, 0.2) is 0 Å². The molecule has 1 fully saturated rings. The van der Waals surface area contributed by atoms with Gasteiger partial charge in [-0.1, -0.05) is 27.7 Å². The van der Waals surface area contributed by atoms with Gasteiger partial charge in [0.05, 0.1) is 6.54 Å². The molecule has 15 heavy (non-hydrogen) atoms. The van der Waals surface area contributed by atoms with Crippen molar-refractivity contribution in [2.45, 2.75) is 46.6 Å². The molecule has 0 spiro atoms. The molecule has 0 unspecified atom stereocenters. The van der Waals surface area contributed by atoms with Gasteiger partial charge in [-0.15, -0.1) is 0 Å². The Bertz CT molecular complexity index is 220. The standard InChI is InChI=1S/C12H24N2O/c1-9(2)12(5-6-12)8-14-11(15)7-13-10(3)4/h9-10,13H,5-8H2,1-4H3,(H,14,15). The highest BCUT2D eigenvalue weighted by molar-refractivity contribution is 5.78. The molecule has 3 nitrogen and oxygen atoms in total. The summed E-state index contributed by atoms with van der Waals surface area (Å²) in [5, 5.41) is 6.14. The van der Waals surface area contributed by atoms with Crippen LogP contribution < -0.4 is 10.6 Å². The summed E-state index contributed by atoms with van der Waals surface area (Å²) in [6.07, 6.45) is 2.53. The van der Waals surface area contributed by atoms with Gasteiger partial charge in [0.25, 0.3) is 0 Å². The van der Waals surface area contributed by atoms with Crippen LogP contribution in [0.4, 0.5) is 0 Å². The van der Waals surface area contributed by atoms with Gasteiger partial charge < -0.3 is 10.6 Å². The van der Waals surface area contributed by atoms with Gasteiger partial charge in [-0.05, 0) is 24.2 Å². The summed E-state index contributed by atoms with van der Waals surface area (Å²) in [5.74, 6) is 0.798. The van der Waals surface area contributed by atoms with E-state index < -0.39 is 0 Å². The molecule has 0 aromatic carbocycles. The summed E-state index contributed by atoms with van der Waals surface area (Å²) in [6.45, 7) is 9.86. The monoisotopic (exact) mass is 212 g/mol. The zero-order valence-corrected chi connectivity index (χ0v) is 10.4. The fraction of sp³-hybridized carbons (Fsp3) is 0.917. The molecule has 2 N–H and O–H groups in total. The molecular weight excluding hydrogens is 188 g/mol. The van der Waals surface area contributed by atoms with Crippen LogP contribution in [0, 0.1) is 11.3 Å². The number of hydrogen-bond donors (Lipinski definition) is 2. The van der Waals surface area contributed by atoms with Crippen molar-refractivity contribution in [2.24, 2.45) is 11.3 Å². The fourth-order valence-corrected chi connectivity index (χ4v) is 1.75. The third-order valence-electron chi connectivity index (χ3n) is 3.43. The average Bonchev–Trinajstić information content (AvgIpc) is 2.92. The number of rotatable bonds is 6. The highest BCUT2D eigenvalue weighted by Gasteiger charge is 2.45. The molecule has 1 rings (SSSR count). The highest BCUT2D eigenvalue weighted by atomic mass is 16.1. The molecule has 0 aromatic heterocycles. The predicted molar refractivity (Wildman–Crippen MR) is 62.7 cm³/mol. The second-order valence-corrected chi connectivity index (χ2v) is 5.33. The third-order valence-corrected chi connectivity index (χ3v) is 3.43. The molecule has 1 aliphatic carbocycles. The van der Waals surface area contributed by atoms with Crippen molar-refractivity contribution < 1.29 is 4.79 Å². The molecule has 0 aliphatic heterocycles. The number of amides is 1. The summed E-state index contributed by atoms with van der Waals surface area (Å²) in [7, 11) is 0. The van der Waals surface area contributed by atoms with Gasteiger partial charge in [0, 0.05) is 12.6 Å². The van der Waals surface area contributed by atoms with E-state index in [0.29, 0.717) is 23.9 Å². The molecule has 0 radical (unpaired) electrons. The normalized spacial score (nSPS) is 18.3. The predicted octanol–water partition coefficient (Wildman–Crippen LogP) is 1.54. The van der Waals surface area contributed by atoms with E-state index in [2.05, 4.69) is 24.5 Å². The SMILES string of the molecule is CC(C)NCC(=O)NCC1(C(C)C)CC1. The summed E-state index contributed by atoms with van der Waals surface area (Å²) in [4.78, 5) is 11.5. The Morgan fingerprint density at radius 2 is 1.87 bits per heavy atom. The second kappa shape index (κ2) is 4.97. The van der Waals surface area contributed by atoms with Crippen LogP contribution in [0.2, 0.25) is 0 Å². The number of carbonyl (C=O) groups excluding carboxylic acids is 1. The highest BCUT2D eigenvalue weighted by Crippen LogP contribution is 2.51. The minimum absolute atomic E-state index is 0.121. The molecule has 1 amide bonds. The van der Waals surface area contributed by atoms with Crippen molar-refractivity contribution in [3.05, 3.63) is 0 Å². The molecule has 3 heteroatoms. The van der Waals surface area contributed by atoms with E-state index >= 15 is 0 Å². The van der Waals surface area contributed by atoms with Crippen LogP contribution in [0.5, 0.6) is 0 Å². The maximum absolute atomic E-state index is 11.5. The van der Waals surface area contributed by atoms with Crippen molar-refractivity contribution >= 4 is 5.91 Å². The molecule has 0 saturated heterocycles. The molecular formula is C12H24N2O. The van der Waals surface area contributed by atoms with Crippen molar-refractivity contribution in [2.75, 3.05) is 13.1 Å². The first kappa shape index (κ1) is 12.5. The molecule has 0 heterocycles. The summed E-state index contributed by atoms with van der Waals surface area (Å²) >= 11 is 0. The lowest BCUT2D eigenvalue weighted by Gasteiger charge is -2.20. The Morgan fingerprint density at radius 3 is 2.27 bits per heavy atom. The summed E-state index contributed by atoms with van der Waals surface area (Å²) in [6, 6.07) is 0.371. The minimum atomic E-state index is 0.121. The fourth-order valence-electron chi connectivity index (χ4n) is 1.75. The zero-order chi connectivity index (χ0) is 11.5. The molecule has 0 atom stereocenters. The summed E-state index contributed by atoms with van der Waals surface area (Å²) < 4.78 is 0. The third kappa shape index (κ3) is 3.82. The Kier molecular flexibility index (Phi) is 4.14. The van der Waals surface area contributed by atoms with Crippen molar-refractivity contribution in [1.29, 1.82) is 0 Å². The molecule has 0 aromatic rings. The molecule has 1 aliphatic rings. The number of carbonyl (C=O) groups is 1. The van der Waals surface area contributed by atoms with Gasteiger partial charge >= 0.3 is 0 Å². The first-order chi connectivity index (χ1) is 6.96. The van der Waals surface area contributed by atoms with Gasteiger partial charge in [-0.25, -0.2) is 0 Å². The lowest BCUT2D eigenvalue weighted by molar-refractivity contribution is -0.120. The Hall–Kier alpha value is -0.570. The van der Waals surface area contributed by atoms with Crippen LogP contribution in [-0.2, 0) is 4.79 Å². The van der Waals surface area contributed by atoms with Crippen LogP contribution in [0.15, 0.2) is 0 Å². The smallest absolute Gasteiger partial charge is 0.233 e. The minimum Gasteiger partial charge on any atom is -0.354 e. The van der Waals surface area contributed by atoms with Gasteiger partial charge in [-0.2, -0.15) is 0 Å². The first-order valence-electron chi connectivity index (χ1n) is 5.96. The van der Waals surface area contributed by atoms with Crippen LogP contribution in [0.25, 0.3) is 0 Å². The van der Waals surface area contributed by atoms with Crippen LogP contribution in [-0.4, -0.2) is 25.0 Å². The second-order valence-electron chi connectivity index (χ2n) is 5.33. The average molecular weight is 212 g/mol. The van der Waals surface area contributed by atoms with E-state index in [1.807, 2.05) is 13.8 Å². The van der Waals surface area contributed by atoms with E-state index in [-0.39, 0.29) is 5.91 Å². The van der Waals surface area contributed by atoms with E-state index in [1.54, 1.807) is 0 Å². The zero-order valence-electron chi connectivity index (χ0n) is 10.4. The summed E-state index contributed by atoms with van der Waals surface area (Å²) in [5.41, 5.74) is 0.410.